The third-order valence-corrected chi connectivity index (χ3v) is 5.46. The van der Waals surface area contributed by atoms with Gasteiger partial charge in [0.2, 0.25) is 5.91 Å². The molecule has 0 spiro atoms. The molecule has 0 radical (unpaired) electrons. The second-order valence-electron chi connectivity index (χ2n) is 3.41. The SMILES string of the molecule is [2H]C([2H])([2H])C(=O)Nc1c(I)c(C(=O)O)c(I)c(C(=O)NC)c1I. The van der Waals surface area contributed by atoms with E-state index in [0.29, 0.717) is 0 Å². The van der Waals surface area contributed by atoms with Gasteiger partial charge in [-0.1, -0.05) is 0 Å². The van der Waals surface area contributed by atoms with Crippen LogP contribution in [-0.4, -0.2) is 29.9 Å². The van der Waals surface area contributed by atoms with Gasteiger partial charge in [-0.05, 0) is 67.8 Å². The van der Waals surface area contributed by atoms with E-state index in [1.165, 1.54) is 7.05 Å². The first-order chi connectivity index (χ1) is 10.4. The van der Waals surface area contributed by atoms with E-state index in [1.807, 2.05) is 0 Å². The normalized spacial score (nSPS) is 12.9. The lowest BCUT2D eigenvalue weighted by Crippen LogP contribution is -2.24. The minimum Gasteiger partial charge on any atom is -0.478 e. The molecule has 0 aliphatic rings. The van der Waals surface area contributed by atoms with E-state index in [0.717, 1.165) is 0 Å². The molecule has 0 atom stereocenters. The van der Waals surface area contributed by atoms with E-state index < -0.39 is 24.6 Å². The number of aromatic carboxylic acids is 1. The summed E-state index contributed by atoms with van der Waals surface area (Å²) in [6.45, 7) is -2.90. The summed E-state index contributed by atoms with van der Waals surface area (Å²) < 4.78 is 21.9. The topological polar surface area (TPSA) is 95.5 Å². The van der Waals surface area contributed by atoms with Gasteiger partial charge in [-0.2, -0.15) is 0 Å². The van der Waals surface area contributed by atoms with Crippen LogP contribution in [0.4, 0.5) is 5.69 Å². The molecule has 0 aromatic heterocycles. The average Bonchev–Trinajstić information content (AvgIpc) is 2.41. The molecule has 0 aliphatic carbocycles. The van der Waals surface area contributed by atoms with E-state index in [2.05, 4.69) is 10.6 Å². The largest absolute Gasteiger partial charge is 0.478 e. The molecular formula is C11H9I3N2O4. The lowest BCUT2D eigenvalue weighted by atomic mass is 10.1. The second-order valence-corrected chi connectivity index (χ2v) is 6.64. The Morgan fingerprint density at radius 3 is 2.10 bits per heavy atom. The summed E-state index contributed by atoms with van der Waals surface area (Å²) in [7, 11) is 1.38. The molecule has 0 aliphatic heterocycles. The van der Waals surface area contributed by atoms with Crippen LogP contribution in [0.5, 0.6) is 0 Å². The van der Waals surface area contributed by atoms with E-state index in [9.17, 15) is 19.5 Å². The summed E-state index contributed by atoms with van der Waals surface area (Å²) in [5.41, 5.74) is -0.123. The summed E-state index contributed by atoms with van der Waals surface area (Å²) in [5, 5.41) is 14.0. The highest BCUT2D eigenvalue weighted by Gasteiger charge is 2.27. The van der Waals surface area contributed by atoms with Crippen LogP contribution in [0.2, 0.25) is 0 Å². The molecule has 9 heteroatoms. The minimum absolute atomic E-state index is 0.0104. The molecular weight excluding hydrogens is 605 g/mol. The molecule has 0 bridgehead atoms. The molecule has 108 valence electrons. The number of halogens is 3. The van der Waals surface area contributed by atoms with Gasteiger partial charge in [-0.3, -0.25) is 9.59 Å². The lowest BCUT2D eigenvalue weighted by Gasteiger charge is -2.16. The van der Waals surface area contributed by atoms with Gasteiger partial charge in [-0.25, -0.2) is 4.79 Å². The highest BCUT2D eigenvalue weighted by molar-refractivity contribution is 14.1. The number of hydrogen-bond donors (Lipinski definition) is 3. The Morgan fingerprint density at radius 2 is 1.65 bits per heavy atom. The molecule has 20 heavy (non-hydrogen) atoms. The third-order valence-electron chi connectivity index (χ3n) is 2.22. The second kappa shape index (κ2) is 7.20. The average molecular weight is 617 g/mol. The Morgan fingerprint density at radius 1 is 1.10 bits per heavy atom. The fourth-order valence-electron chi connectivity index (χ4n) is 1.40. The molecule has 0 fully saturated rings. The Labute approximate surface area is 160 Å². The first kappa shape index (κ1) is 13.5. The number of carboxylic acid groups (broad SMARTS) is 1. The van der Waals surface area contributed by atoms with Crippen molar-refractivity contribution in [2.75, 3.05) is 12.4 Å². The van der Waals surface area contributed by atoms with Gasteiger partial charge in [-0.15, -0.1) is 0 Å². The predicted octanol–water partition coefficient (Wildman–Crippen LogP) is 2.52. The fourth-order valence-corrected chi connectivity index (χ4v) is 5.79. The molecule has 0 saturated heterocycles. The van der Waals surface area contributed by atoms with Crippen LogP contribution in [0.3, 0.4) is 0 Å². The zero-order valence-electron chi connectivity index (χ0n) is 12.8. The van der Waals surface area contributed by atoms with Gasteiger partial charge in [0.15, 0.2) is 0 Å². The molecule has 3 N–H and O–H groups in total. The van der Waals surface area contributed by atoms with E-state index >= 15 is 0 Å². The number of rotatable bonds is 3. The molecule has 1 rings (SSSR count). The van der Waals surface area contributed by atoms with E-state index in [-0.39, 0.29) is 27.5 Å². The maximum atomic E-state index is 12.0. The number of benzene rings is 1. The predicted molar refractivity (Wildman–Crippen MR) is 99.2 cm³/mol. The Kier molecular flexibility index (Phi) is 4.85. The van der Waals surface area contributed by atoms with Crippen molar-refractivity contribution in [3.8, 4) is 0 Å². The number of carboxylic acids is 1. The van der Waals surface area contributed by atoms with Gasteiger partial charge < -0.3 is 15.7 Å². The molecule has 1 aromatic carbocycles. The number of carbonyl (C=O) groups is 3. The Hall–Kier alpha value is -0.180. The van der Waals surface area contributed by atoms with Crippen molar-refractivity contribution in [2.45, 2.75) is 6.85 Å². The lowest BCUT2D eigenvalue weighted by molar-refractivity contribution is -0.114. The summed E-state index contributed by atoms with van der Waals surface area (Å²) >= 11 is 5.21. The molecule has 0 unspecified atom stereocenters. The van der Waals surface area contributed by atoms with Crippen LogP contribution in [0, 0.1) is 10.7 Å². The molecule has 1 aromatic rings. The number of amides is 2. The maximum absolute atomic E-state index is 12.0. The highest BCUT2D eigenvalue weighted by atomic mass is 127. The standard InChI is InChI=1S/C11H9I3N2O4/c1-3(17)16-9-7(13)4(10(18)15-2)6(12)5(8(9)14)11(19)20/h1-2H3,(H,15,18)(H,16,17)(H,19,20)/i1D3. The zero-order chi connectivity index (χ0) is 18.1. The summed E-state index contributed by atoms with van der Waals surface area (Å²) in [6.07, 6.45) is 0. The fraction of sp³-hybridized carbons (Fsp3) is 0.182. The van der Waals surface area contributed by atoms with Gasteiger partial charge in [0, 0.05) is 21.6 Å². The monoisotopic (exact) mass is 617 g/mol. The number of carbonyl (C=O) groups excluding carboxylic acids is 2. The Balaban J connectivity index is 3.70. The summed E-state index contributed by atoms with van der Waals surface area (Å²) in [6, 6.07) is 0. The summed E-state index contributed by atoms with van der Waals surface area (Å²) in [5.74, 6) is -3.08. The van der Waals surface area contributed by atoms with Gasteiger partial charge in [0.05, 0.1) is 24.0 Å². The number of nitrogens with one attached hydrogen (secondary N) is 2. The van der Waals surface area contributed by atoms with Crippen molar-refractivity contribution in [3.05, 3.63) is 21.8 Å². The molecule has 2 amide bonds. The first-order valence-electron chi connectivity index (χ1n) is 6.40. The first-order valence-corrected chi connectivity index (χ1v) is 8.14. The van der Waals surface area contributed by atoms with Crippen LogP contribution in [0.1, 0.15) is 31.7 Å². The number of anilines is 1. The van der Waals surface area contributed by atoms with Crippen molar-refractivity contribution in [3.63, 3.8) is 0 Å². The van der Waals surface area contributed by atoms with Crippen molar-refractivity contribution in [2.24, 2.45) is 0 Å². The van der Waals surface area contributed by atoms with Crippen LogP contribution >= 0.6 is 67.8 Å². The van der Waals surface area contributed by atoms with Gasteiger partial charge >= 0.3 is 5.97 Å². The van der Waals surface area contributed by atoms with Crippen LogP contribution in [0.25, 0.3) is 0 Å². The van der Waals surface area contributed by atoms with Crippen molar-refractivity contribution >= 4 is 91.2 Å². The molecule has 0 heterocycles. The van der Waals surface area contributed by atoms with Crippen molar-refractivity contribution in [1.29, 1.82) is 0 Å². The van der Waals surface area contributed by atoms with Crippen LogP contribution in [0.15, 0.2) is 0 Å². The van der Waals surface area contributed by atoms with Crippen molar-refractivity contribution < 1.29 is 23.6 Å². The minimum atomic E-state index is -2.90. The number of hydrogen-bond acceptors (Lipinski definition) is 3. The van der Waals surface area contributed by atoms with Crippen LogP contribution < -0.4 is 10.6 Å². The van der Waals surface area contributed by atoms with Crippen molar-refractivity contribution in [1.82, 2.24) is 5.32 Å². The molecule has 6 nitrogen and oxygen atoms in total. The molecule has 0 saturated carbocycles. The third kappa shape index (κ3) is 3.52. The van der Waals surface area contributed by atoms with Crippen LogP contribution in [-0.2, 0) is 4.79 Å². The smallest absolute Gasteiger partial charge is 0.337 e. The van der Waals surface area contributed by atoms with Gasteiger partial charge in [0.25, 0.3) is 5.91 Å². The summed E-state index contributed by atoms with van der Waals surface area (Å²) in [4.78, 5) is 35.2. The highest BCUT2D eigenvalue weighted by Crippen LogP contribution is 2.35. The Bertz CT molecular complexity index is 707. The maximum Gasteiger partial charge on any atom is 0.337 e. The zero-order valence-corrected chi connectivity index (χ0v) is 16.3. The van der Waals surface area contributed by atoms with E-state index in [4.69, 9.17) is 4.11 Å². The van der Waals surface area contributed by atoms with Gasteiger partial charge in [0.1, 0.15) is 0 Å². The quantitative estimate of drug-likeness (QED) is 0.455. The van der Waals surface area contributed by atoms with E-state index in [1.54, 1.807) is 67.8 Å².